The number of nitrogens with two attached hydrogens (primary N) is 1. The van der Waals surface area contributed by atoms with Crippen LogP contribution in [-0.4, -0.2) is 73.5 Å². The van der Waals surface area contributed by atoms with Gasteiger partial charge in [-0.15, -0.1) is 0 Å². The summed E-state index contributed by atoms with van der Waals surface area (Å²) in [7, 11) is 0. The Labute approximate surface area is 265 Å². The number of carbonyl (C=O) groups is 2. The quantitative estimate of drug-likeness (QED) is 0.270. The second kappa shape index (κ2) is 13.0. The average molecular weight is 675 g/mol. The number of thiazole rings is 1. The molecule has 7 rings (SSSR count). The zero-order valence-electron chi connectivity index (χ0n) is 23.6. The van der Waals surface area contributed by atoms with Crippen LogP contribution in [0, 0.1) is 0 Å². The van der Waals surface area contributed by atoms with Crippen molar-refractivity contribution in [3.8, 4) is 32.7 Å². The van der Waals surface area contributed by atoms with E-state index in [2.05, 4.69) is 40.8 Å². The van der Waals surface area contributed by atoms with Crippen LogP contribution in [0.5, 0.6) is 5.19 Å². The number of hydrogen-bond acceptors (Lipinski definition) is 11. The second-order valence-corrected chi connectivity index (χ2v) is 11.9. The standard InChI is InChI=1S/C29H26BrN9O2S.CH2O/c30-21-16-18(27(40)37-12-3-13-38(15-14-37)28-33-10-2-11-34-28)5-8-23(21)39-25-20(24(36-39)19-4-1-9-32-17-19)6-7-22-26(25)42-29(35-22)41-31;1-2/h1-2,4-5,8-11,16-17H,3,6-7,12-15,31H2;1H2. The van der Waals surface area contributed by atoms with Crippen molar-refractivity contribution >= 4 is 45.9 Å². The molecule has 5 aromatic rings. The molecule has 14 heteroatoms. The number of pyridine rings is 1. The fourth-order valence-electron chi connectivity index (χ4n) is 5.58. The van der Waals surface area contributed by atoms with Gasteiger partial charge in [-0.2, -0.15) is 11.0 Å². The number of hydrogen-bond donors (Lipinski definition) is 1. The molecule has 2 N–H and O–H groups in total. The lowest BCUT2D eigenvalue weighted by atomic mass is 9.95. The summed E-state index contributed by atoms with van der Waals surface area (Å²) in [4.78, 5) is 49.2. The van der Waals surface area contributed by atoms with E-state index >= 15 is 0 Å². The summed E-state index contributed by atoms with van der Waals surface area (Å²) < 4.78 is 2.69. The summed E-state index contributed by atoms with van der Waals surface area (Å²) in [5.74, 6) is 6.16. The smallest absolute Gasteiger partial charge is 0.294 e. The van der Waals surface area contributed by atoms with Gasteiger partial charge in [0.15, 0.2) is 0 Å². The Morgan fingerprint density at radius 1 is 1.02 bits per heavy atom. The van der Waals surface area contributed by atoms with Gasteiger partial charge < -0.3 is 19.4 Å². The monoisotopic (exact) mass is 673 g/mol. The first-order valence-corrected chi connectivity index (χ1v) is 15.5. The van der Waals surface area contributed by atoms with E-state index in [0.29, 0.717) is 36.3 Å². The molecule has 1 aliphatic carbocycles. The third-order valence-electron chi connectivity index (χ3n) is 7.56. The summed E-state index contributed by atoms with van der Waals surface area (Å²) in [6.07, 6.45) is 9.44. The van der Waals surface area contributed by atoms with Crippen LogP contribution in [0.15, 0.2) is 65.7 Å². The van der Waals surface area contributed by atoms with Gasteiger partial charge in [0, 0.05) is 72.1 Å². The van der Waals surface area contributed by atoms with E-state index < -0.39 is 0 Å². The molecule has 224 valence electrons. The molecule has 1 amide bonds. The minimum Gasteiger partial charge on any atom is -0.380 e. The molecule has 0 saturated carbocycles. The first-order chi connectivity index (χ1) is 21.6. The first kappa shape index (κ1) is 29.5. The highest BCUT2D eigenvalue weighted by Gasteiger charge is 2.31. The predicted molar refractivity (Wildman–Crippen MR) is 170 cm³/mol. The minimum atomic E-state index is -0.00824. The van der Waals surface area contributed by atoms with Crippen LogP contribution < -0.4 is 15.6 Å². The Balaban J connectivity index is 0.00000168. The number of aryl methyl sites for hydroxylation is 1. The molecule has 1 aliphatic heterocycles. The highest BCUT2D eigenvalue weighted by Crippen LogP contribution is 2.45. The van der Waals surface area contributed by atoms with Crippen LogP contribution in [-0.2, 0) is 17.6 Å². The van der Waals surface area contributed by atoms with E-state index in [1.165, 1.54) is 11.3 Å². The maximum atomic E-state index is 13.6. The molecule has 2 aliphatic rings. The average Bonchev–Trinajstić information content (AvgIpc) is 3.59. The van der Waals surface area contributed by atoms with Crippen molar-refractivity contribution in [3.63, 3.8) is 0 Å². The Hall–Kier alpha value is -4.53. The summed E-state index contributed by atoms with van der Waals surface area (Å²) in [6, 6.07) is 11.4. The van der Waals surface area contributed by atoms with E-state index in [1.807, 2.05) is 52.9 Å². The van der Waals surface area contributed by atoms with Gasteiger partial charge in [-0.05, 0) is 71.6 Å². The normalized spacial score (nSPS) is 14.1. The summed E-state index contributed by atoms with van der Waals surface area (Å²) in [5.41, 5.74) is 6.24. The van der Waals surface area contributed by atoms with E-state index in [1.54, 1.807) is 24.7 Å². The number of rotatable bonds is 5. The number of halogens is 1. The molecular weight excluding hydrogens is 646 g/mol. The molecule has 5 heterocycles. The first-order valence-electron chi connectivity index (χ1n) is 13.9. The second-order valence-electron chi connectivity index (χ2n) is 10.1. The van der Waals surface area contributed by atoms with Crippen LogP contribution in [0.2, 0.25) is 0 Å². The highest BCUT2D eigenvalue weighted by molar-refractivity contribution is 9.10. The number of nitrogens with zero attached hydrogens (tertiary/aromatic N) is 8. The van der Waals surface area contributed by atoms with Gasteiger partial charge in [-0.1, -0.05) is 11.3 Å². The molecule has 12 nitrogen and oxygen atoms in total. The predicted octanol–water partition coefficient (Wildman–Crippen LogP) is 4.13. The van der Waals surface area contributed by atoms with Gasteiger partial charge in [0.2, 0.25) is 5.95 Å². The van der Waals surface area contributed by atoms with Crippen molar-refractivity contribution < 1.29 is 14.4 Å². The van der Waals surface area contributed by atoms with Crippen LogP contribution in [0.3, 0.4) is 0 Å². The van der Waals surface area contributed by atoms with Crippen molar-refractivity contribution in [1.29, 1.82) is 0 Å². The van der Waals surface area contributed by atoms with Gasteiger partial charge in [-0.3, -0.25) is 9.78 Å². The van der Waals surface area contributed by atoms with Crippen LogP contribution in [0.25, 0.3) is 27.5 Å². The van der Waals surface area contributed by atoms with Crippen LogP contribution >= 0.6 is 27.3 Å². The molecule has 0 atom stereocenters. The van der Waals surface area contributed by atoms with Crippen molar-refractivity contribution in [2.75, 3.05) is 31.1 Å². The molecule has 4 aromatic heterocycles. The zero-order valence-corrected chi connectivity index (χ0v) is 26.0. The molecule has 1 fully saturated rings. The number of anilines is 1. The van der Waals surface area contributed by atoms with Crippen molar-refractivity contribution in [2.45, 2.75) is 19.3 Å². The van der Waals surface area contributed by atoms with Gasteiger partial charge in [0.05, 0.1) is 27.6 Å². The highest BCUT2D eigenvalue weighted by atomic mass is 79.9. The number of amides is 1. The third kappa shape index (κ3) is 5.58. The molecule has 0 unspecified atom stereocenters. The lowest BCUT2D eigenvalue weighted by Crippen LogP contribution is -2.35. The SMILES string of the molecule is C=O.NOc1nc2c(s1)-c1c(c(-c3cccnc3)nn1-c1ccc(C(=O)N3CCCN(c4ncccn4)CC3)cc1Br)CC2. The minimum absolute atomic E-state index is 0.00824. The van der Waals surface area contributed by atoms with Gasteiger partial charge >= 0.3 is 0 Å². The topological polar surface area (TPSA) is 145 Å². The molecule has 0 bridgehead atoms. The maximum absolute atomic E-state index is 13.6. The number of carbonyl (C=O) groups excluding carboxylic acids is 2. The summed E-state index contributed by atoms with van der Waals surface area (Å²) in [6.45, 7) is 4.74. The zero-order chi connectivity index (χ0) is 30.6. The molecule has 44 heavy (non-hydrogen) atoms. The summed E-state index contributed by atoms with van der Waals surface area (Å²) in [5, 5.41) is 5.50. The van der Waals surface area contributed by atoms with E-state index in [9.17, 15) is 4.79 Å². The van der Waals surface area contributed by atoms with Crippen molar-refractivity contribution in [3.05, 3.63) is 82.5 Å². The van der Waals surface area contributed by atoms with Crippen molar-refractivity contribution in [1.82, 2.24) is 34.6 Å². The van der Waals surface area contributed by atoms with Gasteiger partial charge in [0.25, 0.3) is 11.1 Å². The lowest BCUT2D eigenvalue weighted by Gasteiger charge is -2.22. The van der Waals surface area contributed by atoms with Gasteiger partial charge in [0.1, 0.15) is 6.79 Å². The lowest BCUT2D eigenvalue weighted by molar-refractivity contribution is -0.0980. The van der Waals surface area contributed by atoms with Crippen LogP contribution in [0.4, 0.5) is 5.95 Å². The largest absolute Gasteiger partial charge is 0.380 e. The Kier molecular flexibility index (Phi) is 8.72. The number of benzene rings is 1. The van der Waals surface area contributed by atoms with E-state index in [0.717, 1.165) is 69.1 Å². The molecular formula is C30H28BrN9O3S. The fourth-order valence-corrected chi connectivity index (χ4v) is 7.07. The number of fused-ring (bicyclic) bond motifs is 3. The Bertz CT molecular complexity index is 1780. The summed E-state index contributed by atoms with van der Waals surface area (Å²) >= 11 is 5.16. The van der Waals surface area contributed by atoms with E-state index in [-0.39, 0.29) is 5.91 Å². The Morgan fingerprint density at radius 2 is 1.86 bits per heavy atom. The van der Waals surface area contributed by atoms with Crippen LogP contribution in [0.1, 0.15) is 28.0 Å². The van der Waals surface area contributed by atoms with E-state index in [4.69, 9.17) is 20.6 Å². The Morgan fingerprint density at radius 3 is 2.61 bits per heavy atom. The fraction of sp³-hybridized carbons (Fsp3) is 0.233. The molecule has 1 saturated heterocycles. The third-order valence-corrected chi connectivity index (χ3v) is 9.20. The maximum Gasteiger partial charge on any atom is 0.294 e. The van der Waals surface area contributed by atoms with Crippen molar-refractivity contribution in [2.24, 2.45) is 5.90 Å². The molecule has 0 radical (unpaired) electrons. The molecule has 1 aromatic carbocycles. The van der Waals surface area contributed by atoms with Gasteiger partial charge in [-0.25, -0.2) is 19.6 Å². The number of aromatic nitrogens is 6. The molecule has 0 spiro atoms.